The van der Waals surface area contributed by atoms with Gasteiger partial charge in [-0.2, -0.15) is 5.10 Å². The van der Waals surface area contributed by atoms with Crippen molar-refractivity contribution in [3.8, 4) is 33.6 Å². The van der Waals surface area contributed by atoms with Crippen molar-refractivity contribution in [3.05, 3.63) is 84.9 Å². The van der Waals surface area contributed by atoms with Crippen molar-refractivity contribution < 1.29 is 9.18 Å². The fourth-order valence-electron chi connectivity index (χ4n) is 4.34. The van der Waals surface area contributed by atoms with Gasteiger partial charge in [-0.15, -0.1) is 0 Å². The number of rotatable bonds is 5. The third-order valence-corrected chi connectivity index (χ3v) is 6.19. The van der Waals surface area contributed by atoms with Crippen molar-refractivity contribution >= 4 is 33.7 Å². The number of halogens is 1. The van der Waals surface area contributed by atoms with E-state index < -0.39 is 0 Å². The van der Waals surface area contributed by atoms with Gasteiger partial charge in [-0.05, 0) is 42.0 Å². The highest BCUT2D eigenvalue weighted by Crippen LogP contribution is 2.35. The summed E-state index contributed by atoms with van der Waals surface area (Å²) in [7, 11) is 0. The van der Waals surface area contributed by atoms with E-state index >= 15 is 0 Å². The summed E-state index contributed by atoms with van der Waals surface area (Å²) in [6.07, 6.45) is 3.84. The van der Waals surface area contributed by atoms with Crippen LogP contribution in [0.3, 0.4) is 0 Å². The van der Waals surface area contributed by atoms with Crippen molar-refractivity contribution in [2.75, 3.05) is 5.32 Å². The summed E-state index contributed by atoms with van der Waals surface area (Å²) in [6, 6.07) is 20.2. The average molecular weight is 477 g/mol. The monoisotopic (exact) mass is 476 g/mol. The molecule has 7 nitrogen and oxygen atoms in total. The van der Waals surface area contributed by atoms with Gasteiger partial charge in [0.15, 0.2) is 5.65 Å². The lowest BCUT2D eigenvalue weighted by atomic mass is 10.0. The molecular formula is C28H21FN6O. The molecule has 6 aromatic rings. The van der Waals surface area contributed by atoms with Crippen LogP contribution in [0.15, 0.2) is 79.1 Å². The molecule has 1 amide bonds. The Labute approximate surface area is 205 Å². The normalized spacial score (nSPS) is 11.3. The molecule has 0 saturated carbocycles. The Morgan fingerprint density at radius 1 is 0.917 bits per heavy atom. The second-order valence-corrected chi connectivity index (χ2v) is 8.46. The number of carbonyl (C=O) groups excluding carboxylic acids is 1. The van der Waals surface area contributed by atoms with Crippen molar-refractivity contribution in [1.82, 2.24) is 25.1 Å². The number of nitrogens with zero attached hydrogens (tertiary/aromatic N) is 3. The van der Waals surface area contributed by atoms with Gasteiger partial charge in [-0.1, -0.05) is 37.3 Å². The summed E-state index contributed by atoms with van der Waals surface area (Å²) in [4.78, 5) is 23.9. The first kappa shape index (κ1) is 21.7. The first-order valence-corrected chi connectivity index (χ1v) is 11.6. The summed E-state index contributed by atoms with van der Waals surface area (Å²) in [5.41, 5.74) is 6.20. The molecule has 2 aromatic carbocycles. The third kappa shape index (κ3) is 3.78. The summed E-state index contributed by atoms with van der Waals surface area (Å²) < 4.78 is 14.5. The molecule has 4 heterocycles. The maximum atomic E-state index is 14.5. The number of pyridine rings is 2. The summed E-state index contributed by atoms with van der Waals surface area (Å²) in [5, 5.41) is 12.0. The number of aromatic nitrogens is 5. The molecule has 0 aliphatic carbocycles. The molecule has 0 aliphatic heterocycles. The summed E-state index contributed by atoms with van der Waals surface area (Å²) in [5.74, 6) is 0.160. The van der Waals surface area contributed by atoms with Crippen LogP contribution in [-0.2, 0) is 4.79 Å². The third-order valence-electron chi connectivity index (χ3n) is 6.19. The highest BCUT2D eigenvalue weighted by Gasteiger charge is 2.16. The van der Waals surface area contributed by atoms with E-state index in [2.05, 4.69) is 30.5 Å². The maximum Gasteiger partial charge on any atom is 0.225 e. The molecule has 8 heteroatoms. The summed E-state index contributed by atoms with van der Waals surface area (Å²) in [6.45, 7) is 1.79. The molecule has 0 spiro atoms. The number of fused-ring (bicyclic) bond motifs is 2. The van der Waals surface area contributed by atoms with Gasteiger partial charge < -0.3 is 10.3 Å². The fourth-order valence-corrected chi connectivity index (χ4v) is 4.34. The van der Waals surface area contributed by atoms with Gasteiger partial charge in [-0.3, -0.25) is 9.89 Å². The zero-order valence-electron chi connectivity index (χ0n) is 19.3. The molecule has 6 rings (SSSR count). The Bertz CT molecular complexity index is 1740. The maximum absolute atomic E-state index is 14.5. The van der Waals surface area contributed by atoms with Crippen LogP contribution in [0.5, 0.6) is 0 Å². The predicted molar refractivity (Wildman–Crippen MR) is 139 cm³/mol. The van der Waals surface area contributed by atoms with E-state index in [9.17, 15) is 9.18 Å². The number of benzene rings is 2. The van der Waals surface area contributed by atoms with Gasteiger partial charge in [0.1, 0.15) is 11.6 Å². The molecule has 0 bridgehead atoms. The zero-order chi connectivity index (χ0) is 24.6. The summed E-state index contributed by atoms with van der Waals surface area (Å²) >= 11 is 0. The van der Waals surface area contributed by atoms with E-state index in [0.29, 0.717) is 23.4 Å². The zero-order valence-corrected chi connectivity index (χ0v) is 19.3. The average Bonchev–Trinajstić information content (AvgIpc) is 3.53. The van der Waals surface area contributed by atoms with Gasteiger partial charge in [0.2, 0.25) is 5.91 Å². The van der Waals surface area contributed by atoms with Crippen LogP contribution in [0.1, 0.15) is 13.3 Å². The Kier molecular flexibility index (Phi) is 5.26. The van der Waals surface area contributed by atoms with E-state index in [1.165, 1.54) is 6.07 Å². The van der Waals surface area contributed by atoms with Crippen LogP contribution in [0.25, 0.3) is 55.6 Å². The van der Waals surface area contributed by atoms with Crippen molar-refractivity contribution in [2.24, 2.45) is 0 Å². The molecule has 0 radical (unpaired) electrons. The van der Waals surface area contributed by atoms with E-state index in [4.69, 9.17) is 0 Å². The molecule has 36 heavy (non-hydrogen) atoms. The van der Waals surface area contributed by atoms with Crippen LogP contribution in [0, 0.1) is 5.82 Å². The smallest absolute Gasteiger partial charge is 0.225 e. The number of H-pyrrole nitrogens is 2. The Morgan fingerprint density at radius 2 is 1.75 bits per heavy atom. The van der Waals surface area contributed by atoms with Gasteiger partial charge in [0.25, 0.3) is 0 Å². The number of hydrogen-bond acceptors (Lipinski definition) is 4. The first-order chi connectivity index (χ1) is 17.6. The van der Waals surface area contributed by atoms with Gasteiger partial charge in [-0.25, -0.2) is 14.4 Å². The standard InChI is InChI=1S/C28H21FN6O/c1-2-26(36)33-25-11-10-16(14-30-25)17-12-21-27(34-35-28(21)31-15-17)24-13-20-18(7-5-9-23(20)32-24)19-6-3-4-8-22(19)29/h3-15,32H,2H2,1H3,(H,30,33,36)(H,31,34,35). The van der Waals surface area contributed by atoms with Crippen LogP contribution >= 0.6 is 0 Å². The van der Waals surface area contributed by atoms with E-state index in [1.54, 1.807) is 37.5 Å². The van der Waals surface area contributed by atoms with Crippen LogP contribution in [0.2, 0.25) is 0 Å². The number of aromatic amines is 2. The molecule has 0 atom stereocenters. The second-order valence-electron chi connectivity index (χ2n) is 8.46. The number of carbonyl (C=O) groups is 1. The second kappa shape index (κ2) is 8.74. The number of hydrogen-bond donors (Lipinski definition) is 3. The molecule has 3 N–H and O–H groups in total. The van der Waals surface area contributed by atoms with Crippen LogP contribution in [0.4, 0.5) is 10.2 Å². The van der Waals surface area contributed by atoms with Crippen molar-refractivity contribution in [2.45, 2.75) is 13.3 Å². The highest BCUT2D eigenvalue weighted by molar-refractivity contribution is 6.01. The number of nitrogens with one attached hydrogen (secondary N) is 3. The molecule has 0 saturated heterocycles. The topological polar surface area (TPSA) is 99.4 Å². The molecule has 0 unspecified atom stereocenters. The van der Waals surface area contributed by atoms with Crippen LogP contribution in [-0.4, -0.2) is 31.1 Å². The van der Waals surface area contributed by atoms with Gasteiger partial charge >= 0.3 is 0 Å². The minimum absolute atomic E-state index is 0.0853. The highest BCUT2D eigenvalue weighted by atomic mass is 19.1. The predicted octanol–water partition coefficient (Wildman–Crippen LogP) is 6.32. The molecule has 0 aliphatic rings. The van der Waals surface area contributed by atoms with Crippen molar-refractivity contribution in [3.63, 3.8) is 0 Å². The van der Waals surface area contributed by atoms with E-state index in [0.717, 1.165) is 44.4 Å². The lowest BCUT2D eigenvalue weighted by Gasteiger charge is -2.05. The molecule has 0 fully saturated rings. The minimum atomic E-state index is -0.262. The number of anilines is 1. The number of amides is 1. The molecule has 4 aromatic heterocycles. The van der Waals surface area contributed by atoms with Crippen molar-refractivity contribution in [1.29, 1.82) is 0 Å². The SMILES string of the molecule is CCC(=O)Nc1ccc(-c2cnc3n[nH]c(-c4cc5c(-c6ccccc6F)cccc5[nH]4)c3c2)cn1. The minimum Gasteiger partial charge on any atom is -0.353 e. The lowest BCUT2D eigenvalue weighted by molar-refractivity contribution is -0.115. The van der Waals surface area contributed by atoms with Crippen LogP contribution < -0.4 is 5.32 Å². The van der Waals surface area contributed by atoms with Gasteiger partial charge in [0.05, 0.1) is 11.4 Å². The Hall–Kier alpha value is -4.85. The quantitative estimate of drug-likeness (QED) is 0.271. The largest absolute Gasteiger partial charge is 0.353 e. The van der Waals surface area contributed by atoms with Gasteiger partial charge in [0, 0.05) is 51.8 Å². The first-order valence-electron chi connectivity index (χ1n) is 11.6. The van der Waals surface area contributed by atoms with E-state index in [1.807, 2.05) is 42.5 Å². The molecular weight excluding hydrogens is 455 g/mol. The molecule has 176 valence electrons. The van der Waals surface area contributed by atoms with E-state index in [-0.39, 0.29) is 11.7 Å². The Balaban J connectivity index is 1.41. The lowest BCUT2D eigenvalue weighted by Crippen LogP contribution is -2.10. The fraction of sp³-hybridized carbons (Fsp3) is 0.0714. The Morgan fingerprint density at radius 3 is 2.56 bits per heavy atom.